The summed E-state index contributed by atoms with van der Waals surface area (Å²) < 4.78 is 40.5. The number of sulfonamides is 1. The number of aromatic nitrogens is 1. The normalized spacial score (nSPS) is 11.8. The first-order chi connectivity index (χ1) is 9.29. The first-order valence-corrected chi connectivity index (χ1v) is 8.54. The third-order valence-electron chi connectivity index (χ3n) is 2.42. The number of nitrogens with one attached hydrogen (secondary N) is 1. The predicted molar refractivity (Wildman–Crippen MR) is 79.4 cm³/mol. The lowest BCUT2D eigenvalue weighted by molar-refractivity contribution is 0.556. The maximum absolute atomic E-state index is 13.7. The van der Waals surface area contributed by atoms with Crippen LogP contribution >= 0.6 is 27.3 Å². The second-order valence-electron chi connectivity index (χ2n) is 3.99. The van der Waals surface area contributed by atoms with Crippen LogP contribution in [-0.4, -0.2) is 13.4 Å². The van der Waals surface area contributed by atoms with Crippen LogP contribution in [0.3, 0.4) is 0 Å². The number of hydrogen-bond donors (Lipinski definition) is 2. The Hall–Kier alpha value is -1.03. The van der Waals surface area contributed by atoms with Gasteiger partial charge in [-0.15, -0.1) is 11.3 Å². The van der Waals surface area contributed by atoms with E-state index < -0.39 is 20.7 Å². The van der Waals surface area contributed by atoms with Gasteiger partial charge in [0.15, 0.2) is 0 Å². The van der Waals surface area contributed by atoms with Crippen LogP contribution < -0.4 is 10.5 Å². The highest BCUT2D eigenvalue weighted by atomic mass is 79.9. The van der Waals surface area contributed by atoms with Crippen molar-refractivity contribution in [2.75, 3.05) is 5.73 Å². The Bertz CT molecular complexity index is 746. The van der Waals surface area contributed by atoms with Crippen molar-refractivity contribution in [1.82, 2.24) is 9.71 Å². The Morgan fingerprint density at radius 3 is 2.80 bits per heavy atom. The van der Waals surface area contributed by atoms with Gasteiger partial charge in [0.2, 0.25) is 10.0 Å². The topological polar surface area (TPSA) is 85.1 Å². The number of benzene rings is 1. The third kappa shape index (κ3) is 3.35. The highest BCUT2D eigenvalue weighted by Gasteiger charge is 2.20. The monoisotopic (exact) mass is 379 g/mol. The Labute approximate surface area is 128 Å². The Balaban J connectivity index is 2.24. The fourth-order valence-electron chi connectivity index (χ4n) is 1.47. The minimum absolute atomic E-state index is 0.0102. The molecule has 0 aliphatic carbocycles. The van der Waals surface area contributed by atoms with Crippen molar-refractivity contribution in [3.63, 3.8) is 0 Å². The summed E-state index contributed by atoms with van der Waals surface area (Å²) in [6, 6.07) is 2.10. The molecule has 0 aliphatic heterocycles. The number of thiazole rings is 1. The summed E-state index contributed by atoms with van der Waals surface area (Å²) in [4.78, 5) is 4.52. The summed E-state index contributed by atoms with van der Waals surface area (Å²) in [6.45, 7) is 1.88. The average molecular weight is 380 g/mol. The van der Waals surface area contributed by atoms with Crippen LogP contribution in [0, 0.1) is 12.7 Å². The minimum Gasteiger partial charge on any atom is -0.398 e. The second kappa shape index (κ2) is 5.76. The molecule has 2 rings (SSSR count). The fourth-order valence-corrected chi connectivity index (χ4v) is 3.68. The van der Waals surface area contributed by atoms with Crippen molar-refractivity contribution in [2.24, 2.45) is 0 Å². The van der Waals surface area contributed by atoms with E-state index in [0.717, 1.165) is 17.0 Å². The van der Waals surface area contributed by atoms with Gasteiger partial charge in [-0.3, -0.25) is 0 Å². The lowest BCUT2D eigenvalue weighted by Crippen LogP contribution is -2.24. The zero-order valence-corrected chi connectivity index (χ0v) is 13.6. The molecule has 1 aromatic carbocycles. The first-order valence-electron chi connectivity index (χ1n) is 5.45. The van der Waals surface area contributed by atoms with Crippen molar-refractivity contribution < 1.29 is 12.8 Å². The summed E-state index contributed by atoms with van der Waals surface area (Å²) in [5.41, 5.74) is 5.73. The average Bonchev–Trinajstić information content (AvgIpc) is 2.77. The maximum Gasteiger partial charge on any atom is 0.243 e. The molecule has 0 radical (unpaired) electrons. The van der Waals surface area contributed by atoms with Crippen molar-refractivity contribution in [2.45, 2.75) is 18.4 Å². The highest BCUT2D eigenvalue weighted by molar-refractivity contribution is 9.10. The van der Waals surface area contributed by atoms with E-state index >= 15 is 0 Å². The molecule has 0 saturated heterocycles. The molecule has 108 valence electrons. The summed E-state index contributed by atoms with van der Waals surface area (Å²) in [7, 11) is -3.98. The van der Waals surface area contributed by atoms with E-state index in [1.807, 2.05) is 6.92 Å². The van der Waals surface area contributed by atoms with Crippen LogP contribution in [-0.2, 0) is 16.6 Å². The smallest absolute Gasteiger partial charge is 0.243 e. The number of hydrogen-bond acceptors (Lipinski definition) is 5. The van der Waals surface area contributed by atoms with Gasteiger partial charge in [0, 0.05) is 21.2 Å². The minimum atomic E-state index is -3.98. The van der Waals surface area contributed by atoms with Gasteiger partial charge in [-0.05, 0) is 35.0 Å². The molecule has 2 aromatic rings. The van der Waals surface area contributed by atoms with E-state index in [4.69, 9.17) is 5.73 Å². The predicted octanol–water partition coefficient (Wildman–Crippen LogP) is 2.41. The van der Waals surface area contributed by atoms with E-state index in [0.29, 0.717) is 9.48 Å². The molecule has 5 nitrogen and oxygen atoms in total. The molecule has 0 fully saturated rings. The van der Waals surface area contributed by atoms with Gasteiger partial charge >= 0.3 is 0 Å². The molecule has 3 N–H and O–H groups in total. The van der Waals surface area contributed by atoms with Crippen LogP contribution in [0.2, 0.25) is 0 Å². The van der Waals surface area contributed by atoms with Crippen LogP contribution in [0.25, 0.3) is 0 Å². The van der Waals surface area contributed by atoms with Crippen LogP contribution in [0.15, 0.2) is 27.7 Å². The molecule has 0 unspecified atom stereocenters. The Morgan fingerprint density at radius 2 is 2.20 bits per heavy atom. The molecule has 0 amide bonds. The van der Waals surface area contributed by atoms with E-state index in [1.54, 1.807) is 6.20 Å². The van der Waals surface area contributed by atoms with Gasteiger partial charge < -0.3 is 5.73 Å². The number of nitrogen functional groups attached to an aromatic ring is 1. The van der Waals surface area contributed by atoms with Gasteiger partial charge in [0.25, 0.3) is 0 Å². The number of anilines is 1. The lowest BCUT2D eigenvalue weighted by atomic mass is 10.3. The van der Waals surface area contributed by atoms with E-state index in [9.17, 15) is 12.8 Å². The summed E-state index contributed by atoms with van der Waals surface area (Å²) in [5, 5.41) is 0.608. The number of rotatable bonds is 4. The molecule has 9 heteroatoms. The van der Waals surface area contributed by atoms with Gasteiger partial charge in [0.05, 0.1) is 6.54 Å². The zero-order chi connectivity index (χ0) is 14.9. The van der Waals surface area contributed by atoms with Gasteiger partial charge in [-0.25, -0.2) is 22.5 Å². The molecule has 20 heavy (non-hydrogen) atoms. The molecule has 0 atom stereocenters. The van der Waals surface area contributed by atoms with Crippen molar-refractivity contribution in [3.05, 3.63) is 38.5 Å². The first kappa shape index (κ1) is 15.4. The van der Waals surface area contributed by atoms with Crippen molar-refractivity contribution in [1.29, 1.82) is 0 Å². The highest BCUT2D eigenvalue weighted by Crippen LogP contribution is 2.26. The SMILES string of the molecule is Cc1cnc(CNS(=O)(=O)c2cc(N)c(Br)cc2F)s1. The van der Waals surface area contributed by atoms with Crippen LogP contribution in [0.5, 0.6) is 0 Å². The summed E-state index contributed by atoms with van der Waals surface area (Å²) in [5.74, 6) is -0.867. The van der Waals surface area contributed by atoms with Crippen LogP contribution in [0.4, 0.5) is 10.1 Å². The van der Waals surface area contributed by atoms with E-state index in [1.165, 1.54) is 11.3 Å². The molecule has 1 heterocycles. The third-order valence-corrected chi connectivity index (χ3v) is 5.44. The largest absolute Gasteiger partial charge is 0.398 e. The number of nitrogens with two attached hydrogens (primary N) is 1. The molecule has 0 bridgehead atoms. The quantitative estimate of drug-likeness (QED) is 0.798. The molecular weight excluding hydrogens is 369 g/mol. The van der Waals surface area contributed by atoms with Gasteiger partial charge in [-0.1, -0.05) is 0 Å². The Morgan fingerprint density at radius 1 is 1.50 bits per heavy atom. The van der Waals surface area contributed by atoms with Crippen molar-refractivity contribution in [3.8, 4) is 0 Å². The molecular formula is C11H11BrFN3O2S2. The number of nitrogens with zero attached hydrogens (tertiary/aromatic N) is 1. The van der Waals surface area contributed by atoms with E-state index in [-0.39, 0.29) is 12.2 Å². The van der Waals surface area contributed by atoms with E-state index in [2.05, 4.69) is 25.6 Å². The zero-order valence-electron chi connectivity index (χ0n) is 10.4. The molecule has 1 aromatic heterocycles. The van der Waals surface area contributed by atoms with Crippen LogP contribution in [0.1, 0.15) is 9.88 Å². The summed E-state index contributed by atoms with van der Waals surface area (Å²) >= 11 is 4.41. The second-order valence-corrected chi connectivity index (χ2v) is 7.90. The molecule has 0 aliphatic rings. The number of aryl methyl sites for hydroxylation is 1. The number of halogens is 2. The van der Waals surface area contributed by atoms with Crippen molar-refractivity contribution >= 4 is 43.0 Å². The summed E-state index contributed by atoms with van der Waals surface area (Å²) in [6.07, 6.45) is 1.65. The Kier molecular flexibility index (Phi) is 4.43. The fraction of sp³-hybridized carbons (Fsp3) is 0.182. The molecule has 0 spiro atoms. The molecule has 0 saturated carbocycles. The lowest BCUT2D eigenvalue weighted by Gasteiger charge is -2.08. The van der Waals surface area contributed by atoms with Gasteiger partial charge in [-0.2, -0.15) is 0 Å². The maximum atomic E-state index is 13.7. The standard InChI is InChI=1S/C11H11BrFN3O2S2/c1-6-4-15-11(19-6)5-16-20(17,18)10-3-9(14)7(12)2-8(10)13/h2-4,16H,5,14H2,1H3. The van der Waals surface area contributed by atoms with Gasteiger partial charge in [0.1, 0.15) is 15.7 Å².